The Kier molecular flexibility index (Phi) is 16.1. The number of rotatable bonds is 22. The summed E-state index contributed by atoms with van der Waals surface area (Å²) in [4.78, 5) is 66.5. The van der Waals surface area contributed by atoms with Crippen LogP contribution >= 0.6 is 0 Å². The van der Waals surface area contributed by atoms with Crippen molar-refractivity contribution in [2.45, 2.75) is 117 Å². The van der Waals surface area contributed by atoms with Crippen molar-refractivity contribution in [3.63, 3.8) is 0 Å². The molecule has 15 nitrogen and oxygen atoms in total. The number of ether oxygens (including phenoxy) is 5. The number of hydrogen-bond donors (Lipinski definition) is 1. The Balaban J connectivity index is 0.970. The summed E-state index contributed by atoms with van der Waals surface area (Å²) in [5.41, 5.74) is 8.75. The topological polar surface area (TPSA) is 214 Å². The average Bonchev–Trinajstić information content (AvgIpc) is 3.60. The molecule has 4 saturated carbocycles. The molecule has 4 aliphatic carbocycles. The second-order valence-corrected chi connectivity index (χ2v) is 18.8. The number of carbonyl (C=O) groups is 4. The van der Waals surface area contributed by atoms with E-state index in [-0.39, 0.29) is 60.3 Å². The SMILES string of the molecule is COc1ccc2c(CC(=O)C[C@@H](CC(=O)O)C(=O)O[C@@H]3CC[C@@]4(C)[C@H](CC[C@@H]5[C@@H]4CC[C@]4(C)C([C@H](C)CCC(=O)OCCOCCOCCN=[N+]=[N-])CC[C@@H]54)C3)cc(=O)oc2c1. The zero-order valence-corrected chi connectivity index (χ0v) is 36.8. The summed E-state index contributed by atoms with van der Waals surface area (Å²) < 4.78 is 32.8. The number of benzene rings is 1. The number of fused-ring (bicyclic) bond motifs is 6. The number of carbonyl (C=O) groups excluding carboxylic acids is 3. The van der Waals surface area contributed by atoms with Crippen molar-refractivity contribution in [3.05, 3.63) is 50.7 Å². The standard InChI is InChI=1S/C47H65N3O12/c1-29(5-12-43(54)60-22-21-59-20-19-58-18-17-49-50-48)38-10-11-39-37-8-6-32-27-35(13-15-46(32,2)40(37)14-16-47(38,39)3)61-45(56)31(25-42(52)53)24-33(51)23-30-26-44(55)62-41-28-34(57-4)7-9-36(30)41/h7,9,26,28-29,31-32,35,37-40H,5-6,8,10-25,27H2,1-4H3,(H,52,53)/t29-,31+,32-,35-,37+,38?,39+,40+,46+,47-/m1/s1. The number of aliphatic carboxylic acids is 1. The zero-order chi connectivity index (χ0) is 44.4. The first-order chi connectivity index (χ1) is 29.7. The Morgan fingerprint density at radius 2 is 1.68 bits per heavy atom. The van der Waals surface area contributed by atoms with Crippen molar-refractivity contribution in [3.8, 4) is 5.75 Å². The Bertz CT molecular complexity index is 2010. The van der Waals surface area contributed by atoms with Gasteiger partial charge in [0.2, 0.25) is 0 Å². The van der Waals surface area contributed by atoms with Crippen LogP contribution in [-0.2, 0) is 44.5 Å². The molecule has 340 valence electrons. The largest absolute Gasteiger partial charge is 0.497 e. The first-order valence-electron chi connectivity index (χ1n) is 22.6. The van der Waals surface area contributed by atoms with E-state index in [0.29, 0.717) is 91.5 Å². The molecule has 0 spiro atoms. The summed E-state index contributed by atoms with van der Waals surface area (Å²) >= 11 is 0. The first-order valence-corrected chi connectivity index (χ1v) is 22.6. The van der Waals surface area contributed by atoms with Crippen LogP contribution < -0.4 is 10.4 Å². The minimum Gasteiger partial charge on any atom is -0.497 e. The van der Waals surface area contributed by atoms with Crippen LogP contribution in [0.2, 0.25) is 0 Å². The number of azide groups is 1. The molecule has 4 aliphatic rings. The third kappa shape index (κ3) is 11.2. The van der Waals surface area contributed by atoms with E-state index >= 15 is 0 Å². The van der Waals surface area contributed by atoms with Crippen LogP contribution in [0, 0.1) is 52.3 Å². The highest BCUT2D eigenvalue weighted by molar-refractivity contribution is 5.91. The van der Waals surface area contributed by atoms with E-state index in [1.54, 1.807) is 18.2 Å². The lowest BCUT2D eigenvalue weighted by molar-refractivity contribution is -0.169. The van der Waals surface area contributed by atoms with Crippen LogP contribution in [0.4, 0.5) is 0 Å². The number of carboxylic acids is 1. The van der Waals surface area contributed by atoms with Crippen molar-refractivity contribution in [1.29, 1.82) is 0 Å². The van der Waals surface area contributed by atoms with Gasteiger partial charge in [0.25, 0.3) is 0 Å². The van der Waals surface area contributed by atoms with Crippen molar-refractivity contribution >= 4 is 34.7 Å². The van der Waals surface area contributed by atoms with Crippen molar-refractivity contribution in [1.82, 2.24) is 0 Å². The maximum atomic E-state index is 13.6. The number of methoxy groups -OCH3 is 1. The molecule has 2 aromatic rings. The third-order valence-electron chi connectivity index (χ3n) is 15.4. The maximum Gasteiger partial charge on any atom is 0.336 e. The molecule has 0 aliphatic heterocycles. The van der Waals surface area contributed by atoms with Gasteiger partial charge in [0.15, 0.2) is 0 Å². The molecule has 1 unspecified atom stereocenters. The second-order valence-electron chi connectivity index (χ2n) is 18.8. The fraction of sp³-hybridized carbons (Fsp3) is 0.723. The predicted molar refractivity (Wildman–Crippen MR) is 228 cm³/mol. The molecule has 0 radical (unpaired) electrons. The fourth-order valence-corrected chi connectivity index (χ4v) is 12.4. The number of ketones is 1. The van der Waals surface area contributed by atoms with Crippen LogP contribution in [0.1, 0.15) is 110 Å². The molecule has 1 N–H and O–H groups in total. The normalized spacial score (nSPS) is 28.6. The molecule has 0 bridgehead atoms. The zero-order valence-electron chi connectivity index (χ0n) is 36.8. The van der Waals surface area contributed by atoms with Crippen LogP contribution in [0.5, 0.6) is 5.75 Å². The average molecular weight is 864 g/mol. The summed E-state index contributed by atoms with van der Waals surface area (Å²) in [5.74, 6) is 0.245. The van der Waals surface area contributed by atoms with Gasteiger partial charge in [-0.15, -0.1) is 0 Å². The van der Waals surface area contributed by atoms with Crippen LogP contribution in [0.3, 0.4) is 0 Å². The number of esters is 2. The lowest BCUT2D eigenvalue weighted by Gasteiger charge is -2.61. The molecule has 0 amide bonds. The lowest BCUT2D eigenvalue weighted by atomic mass is 9.44. The van der Waals surface area contributed by atoms with E-state index in [2.05, 4.69) is 30.8 Å². The van der Waals surface area contributed by atoms with Crippen LogP contribution in [0.25, 0.3) is 21.4 Å². The van der Waals surface area contributed by atoms with Gasteiger partial charge >= 0.3 is 23.5 Å². The van der Waals surface area contributed by atoms with Gasteiger partial charge in [-0.1, -0.05) is 25.9 Å². The molecule has 1 aromatic heterocycles. The minimum atomic E-state index is -1.18. The summed E-state index contributed by atoms with van der Waals surface area (Å²) in [5, 5.41) is 13.7. The molecular formula is C47H65N3O12. The summed E-state index contributed by atoms with van der Waals surface area (Å²) in [6, 6.07) is 6.23. The predicted octanol–water partition coefficient (Wildman–Crippen LogP) is 8.27. The molecule has 15 heteroatoms. The number of hydrogen-bond acceptors (Lipinski definition) is 12. The van der Waals surface area contributed by atoms with Gasteiger partial charge in [0.05, 0.1) is 45.9 Å². The lowest BCUT2D eigenvalue weighted by Crippen LogP contribution is -2.54. The Labute approximate surface area is 363 Å². The highest BCUT2D eigenvalue weighted by Gasteiger charge is 2.60. The molecule has 1 heterocycles. The number of nitrogens with zero attached hydrogens (tertiary/aromatic N) is 3. The first kappa shape index (κ1) is 47.0. The highest BCUT2D eigenvalue weighted by Crippen LogP contribution is 2.68. The monoisotopic (exact) mass is 863 g/mol. The van der Waals surface area contributed by atoms with Gasteiger partial charge < -0.3 is 33.2 Å². The third-order valence-corrected chi connectivity index (χ3v) is 15.4. The van der Waals surface area contributed by atoms with Gasteiger partial charge in [-0.05, 0) is 134 Å². The fourth-order valence-electron chi connectivity index (χ4n) is 12.4. The van der Waals surface area contributed by atoms with E-state index in [9.17, 15) is 29.1 Å². The molecule has 0 saturated heterocycles. The van der Waals surface area contributed by atoms with Gasteiger partial charge in [-0.2, -0.15) is 0 Å². The van der Waals surface area contributed by atoms with Gasteiger partial charge in [0, 0.05) is 48.2 Å². The van der Waals surface area contributed by atoms with E-state index < -0.39 is 29.9 Å². The second kappa shape index (κ2) is 21.3. The Hall–Kier alpha value is -4.46. The molecule has 62 heavy (non-hydrogen) atoms. The quantitative estimate of drug-likeness (QED) is 0.0296. The van der Waals surface area contributed by atoms with Crippen molar-refractivity contribution in [2.24, 2.45) is 57.4 Å². The van der Waals surface area contributed by atoms with Crippen molar-refractivity contribution in [2.75, 3.05) is 46.7 Å². The van der Waals surface area contributed by atoms with Gasteiger partial charge in [0.1, 0.15) is 29.8 Å². The summed E-state index contributed by atoms with van der Waals surface area (Å²) in [6.07, 6.45) is 9.27. The van der Waals surface area contributed by atoms with Gasteiger partial charge in [-0.3, -0.25) is 19.2 Å². The van der Waals surface area contributed by atoms with Crippen molar-refractivity contribution < 1.29 is 52.4 Å². The number of Topliss-reactive ketones (excluding diaryl/α,β-unsaturated/α-hetero) is 1. The molecule has 10 atom stereocenters. The molecular weight excluding hydrogens is 799 g/mol. The minimum absolute atomic E-state index is 0.135. The highest BCUT2D eigenvalue weighted by atomic mass is 16.6. The molecule has 6 rings (SSSR count). The van der Waals surface area contributed by atoms with E-state index in [4.69, 9.17) is 33.6 Å². The summed E-state index contributed by atoms with van der Waals surface area (Å²) in [7, 11) is 1.50. The van der Waals surface area contributed by atoms with Crippen LogP contribution in [0.15, 0.2) is 38.6 Å². The Morgan fingerprint density at radius 3 is 2.44 bits per heavy atom. The Morgan fingerprint density at radius 1 is 0.935 bits per heavy atom. The number of carboxylic acid groups (broad SMARTS) is 1. The van der Waals surface area contributed by atoms with E-state index in [1.807, 2.05) is 0 Å². The van der Waals surface area contributed by atoms with E-state index in [1.165, 1.54) is 38.9 Å². The summed E-state index contributed by atoms with van der Waals surface area (Å²) in [6.45, 7) is 9.18. The molecule has 1 aromatic carbocycles. The smallest absolute Gasteiger partial charge is 0.336 e. The van der Waals surface area contributed by atoms with E-state index in [0.717, 1.165) is 32.1 Å². The molecule has 4 fully saturated rings. The maximum absolute atomic E-state index is 13.6. The van der Waals surface area contributed by atoms with Gasteiger partial charge in [-0.25, -0.2) is 4.79 Å². The van der Waals surface area contributed by atoms with Crippen LogP contribution in [-0.4, -0.2) is 81.6 Å².